The molecule has 1 aromatic carbocycles. The molecule has 19 heavy (non-hydrogen) atoms. The molecule has 0 aliphatic rings. The lowest BCUT2D eigenvalue weighted by atomic mass is 10.1. The standard InChI is InChI=1S/C14H16N2O2S/c1-2-12(7-17)16-14(18)11-5-3-10(4-6-11)13-8-19-9-15-13/h3-6,8-9,12,17H,2,7H2,1H3,(H,16,18). The van der Waals surface area contributed by atoms with Gasteiger partial charge in [-0.2, -0.15) is 0 Å². The molecule has 1 aromatic heterocycles. The Morgan fingerprint density at radius 1 is 1.42 bits per heavy atom. The van der Waals surface area contributed by atoms with Crippen LogP contribution < -0.4 is 5.32 Å². The highest BCUT2D eigenvalue weighted by Gasteiger charge is 2.11. The molecule has 2 rings (SSSR count). The zero-order valence-corrected chi connectivity index (χ0v) is 11.5. The Balaban J connectivity index is 2.08. The first-order chi connectivity index (χ1) is 9.24. The molecule has 0 fully saturated rings. The van der Waals surface area contributed by atoms with Crippen LogP contribution in [0.2, 0.25) is 0 Å². The van der Waals surface area contributed by atoms with Crippen LogP contribution in [0.4, 0.5) is 0 Å². The molecule has 1 unspecified atom stereocenters. The Morgan fingerprint density at radius 3 is 2.68 bits per heavy atom. The minimum Gasteiger partial charge on any atom is -0.394 e. The molecule has 2 aromatic rings. The lowest BCUT2D eigenvalue weighted by molar-refractivity contribution is 0.0915. The molecule has 2 N–H and O–H groups in total. The smallest absolute Gasteiger partial charge is 0.251 e. The minimum absolute atomic E-state index is 0.0425. The molecule has 100 valence electrons. The molecule has 0 aliphatic carbocycles. The topological polar surface area (TPSA) is 62.2 Å². The highest BCUT2D eigenvalue weighted by molar-refractivity contribution is 7.07. The zero-order chi connectivity index (χ0) is 13.7. The molecule has 1 atom stereocenters. The maximum atomic E-state index is 11.9. The normalized spacial score (nSPS) is 12.1. The second-order valence-electron chi connectivity index (χ2n) is 4.21. The van der Waals surface area contributed by atoms with Crippen molar-refractivity contribution in [2.75, 3.05) is 6.61 Å². The molecule has 0 saturated carbocycles. The van der Waals surface area contributed by atoms with Gasteiger partial charge in [-0.1, -0.05) is 19.1 Å². The van der Waals surface area contributed by atoms with E-state index in [1.54, 1.807) is 29.0 Å². The molecular weight excluding hydrogens is 260 g/mol. The largest absolute Gasteiger partial charge is 0.394 e. The van der Waals surface area contributed by atoms with Crippen molar-refractivity contribution in [1.82, 2.24) is 10.3 Å². The minimum atomic E-state index is -0.189. The first-order valence-corrected chi connectivity index (χ1v) is 7.09. The van der Waals surface area contributed by atoms with E-state index < -0.39 is 0 Å². The summed E-state index contributed by atoms with van der Waals surface area (Å²) in [5.74, 6) is -0.161. The predicted molar refractivity (Wildman–Crippen MR) is 76.2 cm³/mol. The molecule has 0 aliphatic heterocycles. The third-order valence-electron chi connectivity index (χ3n) is 2.92. The molecular formula is C14H16N2O2S. The average Bonchev–Trinajstić information content (AvgIpc) is 2.99. The van der Waals surface area contributed by atoms with Crippen LogP contribution in [0.5, 0.6) is 0 Å². The SMILES string of the molecule is CCC(CO)NC(=O)c1ccc(-c2cscn2)cc1. The van der Waals surface area contributed by atoms with Crippen molar-refractivity contribution < 1.29 is 9.90 Å². The summed E-state index contributed by atoms with van der Waals surface area (Å²) in [5, 5.41) is 13.8. The third-order valence-corrected chi connectivity index (χ3v) is 3.51. The quantitative estimate of drug-likeness (QED) is 0.881. The monoisotopic (exact) mass is 276 g/mol. The fourth-order valence-corrected chi connectivity index (χ4v) is 2.25. The Hall–Kier alpha value is -1.72. The molecule has 0 spiro atoms. The van der Waals surface area contributed by atoms with Crippen LogP contribution >= 0.6 is 11.3 Å². The van der Waals surface area contributed by atoms with Crippen molar-refractivity contribution in [3.63, 3.8) is 0 Å². The van der Waals surface area contributed by atoms with Gasteiger partial charge in [0.1, 0.15) is 0 Å². The number of aliphatic hydroxyl groups excluding tert-OH is 1. The molecule has 1 heterocycles. The Kier molecular flexibility index (Phi) is 4.65. The number of amides is 1. The van der Waals surface area contributed by atoms with E-state index in [9.17, 15) is 4.79 Å². The maximum Gasteiger partial charge on any atom is 0.251 e. The molecule has 0 saturated heterocycles. The van der Waals surface area contributed by atoms with Gasteiger partial charge in [0.15, 0.2) is 0 Å². The number of aliphatic hydroxyl groups is 1. The number of benzene rings is 1. The third kappa shape index (κ3) is 3.39. The van der Waals surface area contributed by atoms with Gasteiger partial charge < -0.3 is 10.4 Å². The van der Waals surface area contributed by atoms with Gasteiger partial charge >= 0.3 is 0 Å². The molecule has 1 amide bonds. The Labute approximate surface area is 116 Å². The van der Waals surface area contributed by atoms with Crippen molar-refractivity contribution in [1.29, 1.82) is 0 Å². The van der Waals surface area contributed by atoms with Gasteiger partial charge in [0.05, 0.1) is 23.9 Å². The zero-order valence-electron chi connectivity index (χ0n) is 10.7. The summed E-state index contributed by atoms with van der Waals surface area (Å²) in [6.45, 7) is 1.88. The Bertz CT molecular complexity index is 519. The number of hydrogen-bond donors (Lipinski definition) is 2. The average molecular weight is 276 g/mol. The van der Waals surface area contributed by atoms with Crippen LogP contribution in [-0.2, 0) is 0 Å². The number of carbonyl (C=O) groups is 1. The lowest BCUT2D eigenvalue weighted by Gasteiger charge is -2.13. The van der Waals surface area contributed by atoms with Gasteiger partial charge in [0, 0.05) is 16.5 Å². The van der Waals surface area contributed by atoms with E-state index in [2.05, 4.69) is 10.3 Å². The van der Waals surface area contributed by atoms with Crippen LogP contribution in [0.15, 0.2) is 35.2 Å². The fourth-order valence-electron chi connectivity index (χ4n) is 1.69. The van der Waals surface area contributed by atoms with Crippen molar-refractivity contribution in [3.05, 3.63) is 40.7 Å². The van der Waals surface area contributed by atoms with Crippen molar-refractivity contribution >= 4 is 17.2 Å². The predicted octanol–water partition coefficient (Wildman–Crippen LogP) is 2.31. The maximum absolute atomic E-state index is 11.9. The number of aromatic nitrogens is 1. The van der Waals surface area contributed by atoms with Gasteiger partial charge in [0.25, 0.3) is 5.91 Å². The molecule has 5 heteroatoms. The number of nitrogens with zero attached hydrogens (tertiary/aromatic N) is 1. The van der Waals surface area contributed by atoms with E-state index in [0.717, 1.165) is 11.3 Å². The molecule has 0 bridgehead atoms. The van der Waals surface area contributed by atoms with Gasteiger partial charge in [0.2, 0.25) is 0 Å². The number of thiazole rings is 1. The second kappa shape index (κ2) is 6.45. The highest BCUT2D eigenvalue weighted by atomic mass is 32.1. The summed E-state index contributed by atoms with van der Waals surface area (Å²) in [4.78, 5) is 16.2. The lowest BCUT2D eigenvalue weighted by Crippen LogP contribution is -2.36. The second-order valence-corrected chi connectivity index (χ2v) is 4.93. The van der Waals surface area contributed by atoms with Gasteiger partial charge in [-0.3, -0.25) is 4.79 Å². The van der Waals surface area contributed by atoms with Crippen LogP contribution in [-0.4, -0.2) is 28.6 Å². The number of carbonyl (C=O) groups excluding carboxylic acids is 1. The summed E-state index contributed by atoms with van der Waals surface area (Å²) < 4.78 is 0. The number of hydrogen-bond acceptors (Lipinski definition) is 4. The van der Waals surface area contributed by atoms with Crippen molar-refractivity contribution in [2.24, 2.45) is 0 Å². The van der Waals surface area contributed by atoms with E-state index >= 15 is 0 Å². The fraction of sp³-hybridized carbons (Fsp3) is 0.286. The van der Waals surface area contributed by atoms with Crippen molar-refractivity contribution in [2.45, 2.75) is 19.4 Å². The van der Waals surface area contributed by atoms with Crippen molar-refractivity contribution in [3.8, 4) is 11.3 Å². The first-order valence-electron chi connectivity index (χ1n) is 6.15. The Morgan fingerprint density at radius 2 is 2.16 bits per heavy atom. The summed E-state index contributed by atoms with van der Waals surface area (Å²) in [6.07, 6.45) is 0.707. The summed E-state index contributed by atoms with van der Waals surface area (Å²) in [5.41, 5.74) is 4.28. The van der Waals surface area contributed by atoms with E-state index in [-0.39, 0.29) is 18.6 Å². The number of rotatable bonds is 5. The summed E-state index contributed by atoms with van der Waals surface area (Å²) in [6, 6.07) is 7.11. The summed E-state index contributed by atoms with van der Waals surface area (Å²) in [7, 11) is 0. The van der Waals surface area contributed by atoms with E-state index in [0.29, 0.717) is 12.0 Å². The van der Waals surface area contributed by atoms with E-state index in [4.69, 9.17) is 5.11 Å². The molecule has 4 nitrogen and oxygen atoms in total. The van der Waals surface area contributed by atoms with Crippen LogP contribution in [0, 0.1) is 0 Å². The van der Waals surface area contributed by atoms with Crippen LogP contribution in [0.25, 0.3) is 11.3 Å². The molecule has 0 radical (unpaired) electrons. The first kappa shape index (κ1) is 13.7. The van der Waals surface area contributed by atoms with Crippen LogP contribution in [0.3, 0.4) is 0 Å². The van der Waals surface area contributed by atoms with Gasteiger partial charge in [-0.25, -0.2) is 4.98 Å². The van der Waals surface area contributed by atoms with Gasteiger partial charge in [-0.15, -0.1) is 11.3 Å². The highest BCUT2D eigenvalue weighted by Crippen LogP contribution is 2.19. The van der Waals surface area contributed by atoms with E-state index in [1.165, 1.54) is 0 Å². The van der Waals surface area contributed by atoms with E-state index in [1.807, 2.05) is 24.4 Å². The van der Waals surface area contributed by atoms with Crippen LogP contribution in [0.1, 0.15) is 23.7 Å². The number of nitrogens with one attached hydrogen (secondary N) is 1. The summed E-state index contributed by atoms with van der Waals surface area (Å²) >= 11 is 1.54. The van der Waals surface area contributed by atoms with Gasteiger partial charge in [-0.05, 0) is 18.6 Å².